The molecule has 0 saturated heterocycles. The lowest BCUT2D eigenvalue weighted by molar-refractivity contribution is -0.111. The first-order chi connectivity index (χ1) is 12.5. The molecule has 1 saturated carbocycles. The summed E-state index contributed by atoms with van der Waals surface area (Å²) in [5.41, 5.74) is 1.61. The minimum absolute atomic E-state index is 0.202. The van der Waals surface area contributed by atoms with Crippen LogP contribution in [0.25, 0.3) is 6.08 Å². The molecule has 1 fully saturated rings. The maximum atomic E-state index is 12.3. The zero-order valence-electron chi connectivity index (χ0n) is 15.6. The van der Waals surface area contributed by atoms with E-state index in [2.05, 4.69) is 29.4 Å². The fourth-order valence-corrected chi connectivity index (χ4v) is 3.38. The lowest BCUT2D eigenvalue weighted by atomic mass is 10.2. The molecular weight excluding hydrogens is 350 g/mol. The van der Waals surface area contributed by atoms with E-state index in [-0.39, 0.29) is 5.91 Å². The highest BCUT2D eigenvalue weighted by atomic mass is 35.5. The minimum Gasteiger partial charge on any atom is -0.307 e. The van der Waals surface area contributed by atoms with Crippen LogP contribution in [0.4, 0.5) is 5.82 Å². The fourth-order valence-electron chi connectivity index (χ4n) is 3.06. The Morgan fingerprint density at radius 3 is 2.96 bits per heavy atom. The third-order valence-corrected chi connectivity index (χ3v) is 5.24. The van der Waals surface area contributed by atoms with E-state index in [1.54, 1.807) is 17.0 Å². The van der Waals surface area contributed by atoms with Crippen LogP contribution in [-0.4, -0.2) is 25.5 Å². The van der Waals surface area contributed by atoms with Gasteiger partial charge in [0, 0.05) is 24.3 Å². The van der Waals surface area contributed by atoms with Gasteiger partial charge in [-0.05, 0) is 45.1 Å². The van der Waals surface area contributed by atoms with Crippen LogP contribution >= 0.6 is 11.6 Å². The highest BCUT2D eigenvalue weighted by Gasteiger charge is 2.30. The molecule has 6 nitrogen and oxygen atoms in total. The second-order valence-corrected chi connectivity index (χ2v) is 7.29. The van der Waals surface area contributed by atoms with Crippen molar-refractivity contribution in [2.75, 3.05) is 5.32 Å². The molecule has 2 aromatic rings. The average molecular weight is 376 g/mol. The van der Waals surface area contributed by atoms with Crippen molar-refractivity contribution in [2.45, 2.75) is 59.0 Å². The lowest BCUT2D eigenvalue weighted by Crippen LogP contribution is -2.16. The van der Waals surface area contributed by atoms with Crippen LogP contribution in [0.3, 0.4) is 0 Å². The summed E-state index contributed by atoms with van der Waals surface area (Å²) in [6, 6.07) is 2.13. The highest BCUT2D eigenvalue weighted by Crippen LogP contribution is 2.40. The maximum Gasteiger partial charge on any atom is 0.249 e. The average Bonchev–Trinajstić information content (AvgIpc) is 3.31. The van der Waals surface area contributed by atoms with Crippen molar-refractivity contribution in [3.63, 3.8) is 0 Å². The molecule has 0 radical (unpaired) electrons. The number of amides is 1. The summed E-state index contributed by atoms with van der Waals surface area (Å²) < 4.78 is 3.69. The summed E-state index contributed by atoms with van der Waals surface area (Å²) in [5.74, 6) is 1.18. The first kappa shape index (κ1) is 18.7. The van der Waals surface area contributed by atoms with E-state index in [0.29, 0.717) is 17.1 Å². The van der Waals surface area contributed by atoms with Crippen molar-refractivity contribution in [1.29, 1.82) is 0 Å². The molecule has 1 aliphatic rings. The van der Waals surface area contributed by atoms with E-state index in [1.165, 1.54) is 18.9 Å². The molecule has 2 aromatic heterocycles. The monoisotopic (exact) mass is 375 g/mol. The summed E-state index contributed by atoms with van der Waals surface area (Å²) >= 11 is 6.40. The van der Waals surface area contributed by atoms with Gasteiger partial charge in [0.1, 0.15) is 11.0 Å². The first-order valence-corrected chi connectivity index (χ1v) is 9.64. The molecule has 0 aliphatic heterocycles. The van der Waals surface area contributed by atoms with Gasteiger partial charge in [0.25, 0.3) is 0 Å². The van der Waals surface area contributed by atoms with Gasteiger partial charge < -0.3 is 5.32 Å². The number of hydrogen-bond donors (Lipinski definition) is 1. The van der Waals surface area contributed by atoms with Gasteiger partial charge in [-0.25, -0.2) is 4.68 Å². The number of nitrogens with one attached hydrogen (secondary N) is 1. The van der Waals surface area contributed by atoms with E-state index in [1.807, 2.05) is 17.7 Å². The Labute approximate surface area is 159 Å². The first-order valence-electron chi connectivity index (χ1n) is 9.26. The van der Waals surface area contributed by atoms with Crippen molar-refractivity contribution in [3.8, 4) is 0 Å². The molecule has 1 aliphatic carbocycles. The molecule has 140 valence electrons. The summed E-state index contributed by atoms with van der Waals surface area (Å²) in [6.45, 7) is 6.96. The van der Waals surface area contributed by atoms with Crippen LogP contribution in [0.2, 0.25) is 5.15 Å². The summed E-state index contributed by atoms with van der Waals surface area (Å²) in [5, 5.41) is 12.3. The van der Waals surface area contributed by atoms with E-state index < -0.39 is 0 Å². The zero-order chi connectivity index (χ0) is 18.7. The molecular formula is C19H26ClN5O. The molecule has 1 amide bonds. The van der Waals surface area contributed by atoms with Gasteiger partial charge in [-0.3, -0.25) is 9.48 Å². The Bertz CT molecular complexity index is 803. The van der Waals surface area contributed by atoms with Gasteiger partial charge in [-0.2, -0.15) is 10.2 Å². The van der Waals surface area contributed by atoms with E-state index >= 15 is 0 Å². The van der Waals surface area contributed by atoms with Crippen LogP contribution < -0.4 is 5.32 Å². The van der Waals surface area contributed by atoms with Crippen LogP contribution in [0.15, 0.2) is 18.3 Å². The Balaban J connectivity index is 1.67. The predicted octanol–water partition coefficient (Wildman–Crippen LogP) is 4.46. The Kier molecular flexibility index (Phi) is 5.81. The van der Waals surface area contributed by atoms with Crippen molar-refractivity contribution in [2.24, 2.45) is 5.92 Å². The lowest BCUT2D eigenvalue weighted by Gasteiger charge is -2.14. The number of hydrogen-bond acceptors (Lipinski definition) is 3. The van der Waals surface area contributed by atoms with Crippen molar-refractivity contribution in [1.82, 2.24) is 19.6 Å². The molecule has 0 bridgehead atoms. The summed E-state index contributed by atoms with van der Waals surface area (Å²) in [7, 11) is 0. The maximum absolute atomic E-state index is 12.3. The second kappa shape index (κ2) is 8.08. The molecule has 1 unspecified atom stereocenters. The Morgan fingerprint density at radius 1 is 1.50 bits per heavy atom. The number of aryl methyl sites for hydroxylation is 2. The molecule has 1 N–H and O–H groups in total. The second-order valence-electron chi connectivity index (χ2n) is 6.93. The largest absolute Gasteiger partial charge is 0.307 e. The van der Waals surface area contributed by atoms with Gasteiger partial charge >= 0.3 is 0 Å². The standard InChI is InChI=1S/C19H26ClN5O/c1-4-5-12-24-19(20)16(13(2)23-24)8-9-18(26)22-17-10-11-21-25(17)14(3)15-6-7-15/h8-11,14-15H,4-7,12H2,1-3H3,(H,22,26)/b9-8+. The van der Waals surface area contributed by atoms with Gasteiger partial charge in [0.15, 0.2) is 0 Å². The predicted molar refractivity (Wildman–Crippen MR) is 104 cm³/mol. The smallest absolute Gasteiger partial charge is 0.249 e. The number of aromatic nitrogens is 4. The third kappa shape index (κ3) is 4.18. The van der Waals surface area contributed by atoms with E-state index in [0.717, 1.165) is 36.5 Å². The number of nitrogens with zero attached hydrogens (tertiary/aromatic N) is 4. The minimum atomic E-state index is -0.202. The van der Waals surface area contributed by atoms with Crippen molar-refractivity contribution in [3.05, 3.63) is 34.7 Å². The molecule has 2 heterocycles. The molecule has 26 heavy (non-hydrogen) atoms. The molecule has 0 aromatic carbocycles. The van der Waals surface area contributed by atoms with Crippen molar-refractivity contribution < 1.29 is 4.79 Å². The number of anilines is 1. The Morgan fingerprint density at radius 2 is 2.27 bits per heavy atom. The number of carbonyl (C=O) groups is 1. The number of halogens is 1. The van der Waals surface area contributed by atoms with Gasteiger partial charge in [0.05, 0.1) is 17.9 Å². The normalized spacial score (nSPS) is 15.5. The van der Waals surface area contributed by atoms with Crippen LogP contribution in [0.5, 0.6) is 0 Å². The van der Waals surface area contributed by atoms with Crippen LogP contribution in [-0.2, 0) is 11.3 Å². The fraction of sp³-hybridized carbons (Fsp3) is 0.526. The molecule has 3 rings (SSSR count). The van der Waals surface area contributed by atoms with Gasteiger partial charge in [-0.15, -0.1) is 0 Å². The zero-order valence-corrected chi connectivity index (χ0v) is 16.3. The topological polar surface area (TPSA) is 64.7 Å². The van der Waals surface area contributed by atoms with Crippen LogP contribution in [0.1, 0.15) is 56.8 Å². The summed E-state index contributed by atoms with van der Waals surface area (Å²) in [4.78, 5) is 12.3. The SMILES string of the molecule is CCCCn1nc(C)c(/C=C/C(=O)Nc2ccnn2C(C)C2CC2)c1Cl. The van der Waals surface area contributed by atoms with Crippen molar-refractivity contribution >= 4 is 29.4 Å². The Hall–Kier alpha value is -2.08. The molecule has 1 atom stereocenters. The quantitative estimate of drug-likeness (QED) is 0.692. The summed E-state index contributed by atoms with van der Waals surface area (Å²) in [6.07, 6.45) is 9.51. The molecule has 7 heteroatoms. The van der Waals surface area contributed by atoms with Gasteiger partial charge in [-0.1, -0.05) is 24.9 Å². The van der Waals surface area contributed by atoms with Gasteiger partial charge in [0.2, 0.25) is 5.91 Å². The van der Waals surface area contributed by atoms with Crippen LogP contribution in [0, 0.1) is 12.8 Å². The van der Waals surface area contributed by atoms with E-state index in [9.17, 15) is 4.79 Å². The number of rotatable bonds is 8. The third-order valence-electron chi connectivity index (χ3n) is 4.85. The number of unbranched alkanes of at least 4 members (excludes halogenated alkanes) is 1. The molecule has 0 spiro atoms. The highest BCUT2D eigenvalue weighted by molar-refractivity contribution is 6.31. The number of carbonyl (C=O) groups excluding carboxylic acids is 1. The van der Waals surface area contributed by atoms with E-state index in [4.69, 9.17) is 11.6 Å².